The molecular formula is C16H28O4. The van der Waals surface area contributed by atoms with Crippen molar-refractivity contribution in [1.29, 1.82) is 0 Å². The molecule has 0 aromatic carbocycles. The largest absolute Gasteiger partial charge is 0.389 e. The van der Waals surface area contributed by atoms with Crippen LogP contribution in [0.25, 0.3) is 0 Å². The summed E-state index contributed by atoms with van der Waals surface area (Å²) in [6.45, 7) is 7.19. The number of aliphatic hydroxyl groups is 1. The lowest BCUT2D eigenvalue weighted by Gasteiger charge is -2.51. The zero-order valence-electron chi connectivity index (χ0n) is 12.8. The quantitative estimate of drug-likeness (QED) is 0.802. The molecule has 3 heterocycles. The molecule has 116 valence electrons. The van der Waals surface area contributed by atoms with Crippen molar-refractivity contribution in [2.24, 2.45) is 5.92 Å². The molecule has 4 heteroatoms. The smallest absolute Gasteiger partial charge is 0.0730 e. The van der Waals surface area contributed by atoms with Crippen LogP contribution in [0.1, 0.15) is 52.4 Å². The summed E-state index contributed by atoms with van der Waals surface area (Å²) in [6, 6.07) is 0. The van der Waals surface area contributed by atoms with Crippen molar-refractivity contribution in [1.82, 2.24) is 0 Å². The van der Waals surface area contributed by atoms with Crippen molar-refractivity contribution in [2.75, 3.05) is 26.4 Å². The van der Waals surface area contributed by atoms with Crippen LogP contribution in [-0.2, 0) is 14.2 Å². The Bertz CT molecular complexity index is 343. The minimum atomic E-state index is -0.586. The van der Waals surface area contributed by atoms with Crippen molar-refractivity contribution in [3.05, 3.63) is 0 Å². The first kappa shape index (κ1) is 14.8. The highest BCUT2D eigenvalue weighted by molar-refractivity contribution is 5.00. The molecule has 1 N–H and O–H groups in total. The van der Waals surface area contributed by atoms with Crippen LogP contribution in [0.3, 0.4) is 0 Å². The Labute approximate surface area is 121 Å². The lowest BCUT2D eigenvalue weighted by atomic mass is 9.68. The van der Waals surface area contributed by atoms with Crippen LogP contribution in [0, 0.1) is 5.92 Å². The summed E-state index contributed by atoms with van der Waals surface area (Å²) in [5, 5.41) is 11.2. The number of rotatable bonds is 1. The SMILES string of the molecule is CC1(C)CC(O)(C2CCOC3(CCOCC3)C2)CCO1. The topological polar surface area (TPSA) is 47.9 Å². The normalized spacial score (nSPS) is 40.6. The minimum absolute atomic E-state index is 0.0423. The minimum Gasteiger partial charge on any atom is -0.389 e. The maximum atomic E-state index is 11.2. The van der Waals surface area contributed by atoms with E-state index < -0.39 is 5.60 Å². The van der Waals surface area contributed by atoms with Gasteiger partial charge in [-0.25, -0.2) is 0 Å². The molecule has 3 aliphatic rings. The maximum absolute atomic E-state index is 11.2. The summed E-state index contributed by atoms with van der Waals surface area (Å²) in [5.74, 6) is 0.331. The first-order valence-electron chi connectivity index (χ1n) is 8.01. The molecule has 3 aliphatic heterocycles. The first-order chi connectivity index (χ1) is 9.43. The van der Waals surface area contributed by atoms with Gasteiger partial charge in [0.2, 0.25) is 0 Å². The van der Waals surface area contributed by atoms with E-state index in [1.807, 2.05) is 0 Å². The number of hydrogen-bond acceptors (Lipinski definition) is 4. The third-order valence-electron chi connectivity index (χ3n) is 5.42. The summed E-state index contributed by atoms with van der Waals surface area (Å²) in [5.41, 5.74) is -0.843. The molecular weight excluding hydrogens is 256 g/mol. The molecule has 0 aromatic heterocycles. The number of hydrogen-bond donors (Lipinski definition) is 1. The molecule has 0 saturated carbocycles. The molecule has 3 saturated heterocycles. The van der Waals surface area contributed by atoms with E-state index in [2.05, 4.69) is 13.8 Å². The first-order valence-corrected chi connectivity index (χ1v) is 8.01. The highest BCUT2D eigenvalue weighted by Gasteiger charge is 2.50. The second-order valence-electron chi connectivity index (χ2n) is 7.47. The molecule has 0 radical (unpaired) electrons. The predicted octanol–water partition coefficient (Wildman–Crippen LogP) is 2.28. The van der Waals surface area contributed by atoms with Gasteiger partial charge in [0.1, 0.15) is 0 Å². The molecule has 0 aromatic rings. The van der Waals surface area contributed by atoms with E-state index in [1.165, 1.54) is 0 Å². The Balaban J connectivity index is 1.72. The van der Waals surface area contributed by atoms with E-state index in [4.69, 9.17) is 14.2 Å². The van der Waals surface area contributed by atoms with Crippen molar-refractivity contribution in [3.63, 3.8) is 0 Å². The maximum Gasteiger partial charge on any atom is 0.0730 e. The monoisotopic (exact) mass is 284 g/mol. The van der Waals surface area contributed by atoms with Gasteiger partial charge < -0.3 is 19.3 Å². The third-order valence-corrected chi connectivity index (χ3v) is 5.42. The zero-order chi connectivity index (χ0) is 14.3. The van der Waals surface area contributed by atoms with E-state index in [0.717, 1.165) is 58.3 Å². The molecule has 0 amide bonds. The highest BCUT2D eigenvalue weighted by Crippen LogP contribution is 2.46. The van der Waals surface area contributed by atoms with Gasteiger partial charge in [-0.1, -0.05) is 0 Å². The van der Waals surface area contributed by atoms with Crippen LogP contribution in [-0.4, -0.2) is 48.3 Å². The Morgan fingerprint density at radius 2 is 1.70 bits per heavy atom. The van der Waals surface area contributed by atoms with Crippen molar-refractivity contribution in [2.45, 2.75) is 69.2 Å². The van der Waals surface area contributed by atoms with Gasteiger partial charge in [0.25, 0.3) is 0 Å². The molecule has 2 unspecified atom stereocenters. The van der Waals surface area contributed by atoms with E-state index in [-0.39, 0.29) is 11.2 Å². The summed E-state index contributed by atoms with van der Waals surface area (Å²) in [4.78, 5) is 0. The highest BCUT2D eigenvalue weighted by atomic mass is 16.5. The van der Waals surface area contributed by atoms with Gasteiger partial charge in [-0.15, -0.1) is 0 Å². The van der Waals surface area contributed by atoms with Crippen LogP contribution in [0.4, 0.5) is 0 Å². The van der Waals surface area contributed by atoms with Gasteiger partial charge in [0.05, 0.1) is 23.4 Å². The summed E-state index contributed by atoms with van der Waals surface area (Å²) in [7, 11) is 0. The van der Waals surface area contributed by atoms with Crippen molar-refractivity contribution < 1.29 is 19.3 Å². The molecule has 0 aliphatic carbocycles. The summed E-state index contributed by atoms with van der Waals surface area (Å²) < 4.78 is 17.4. The van der Waals surface area contributed by atoms with Gasteiger partial charge in [0, 0.05) is 26.2 Å². The summed E-state index contributed by atoms with van der Waals surface area (Å²) >= 11 is 0. The zero-order valence-corrected chi connectivity index (χ0v) is 12.8. The molecule has 1 spiro atoms. The molecule has 3 rings (SSSR count). The fourth-order valence-corrected chi connectivity index (χ4v) is 4.31. The summed E-state index contributed by atoms with van der Waals surface area (Å²) in [6.07, 6.45) is 5.38. The molecule has 4 nitrogen and oxygen atoms in total. The average molecular weight is 284 g/mol. The van der Waals surface area contributed by atoms with Crippen molar-refractivity contribution >= 4 is 0 Å². The van der Waals surface area contributed by atoms with Crippen LogP contribution >= 0.6 is 0 Å². The van der Waals surface area contributed by atoms with Crippen LogP contribution in [0.2, 0.25) is 0 Å². The Hall–Kier alpha value is -0.160. The van der Waals surface area contributed by atoms with Gasteiger partial charge in [-0.2, -0.15) is 0 Å². The van der Waals surface area contributed by atoms with Crippen LogP contribution in [0.5, 0.6) is 0 Å². The van der Waals surface area contributed by atoms with Gasteiger partial charge >= 0.3 is 0 Å². The molecule has 3 fully saturated rings. The lowest BCUT2D eigenvalue weighted by molar-refractivity contribution is -0.210. The van der Waals surface area contributed by atoms with E-state index in [9.17, 15) is 5.11 Å². The van der Waals surface area contributed by atoms with Gasteiger partial charge in [-0.05, 0) is 51.9 Å². The molecule has 2 atom stereocenters. The molecule has 20 heavy (non-hydrogen) atoms. The Kier molecular flexibility index (Phi) is 3.87. The van der Waals surface area contributed by atoms with E-state index in [0.29, 0.717) is 12.5 Å². The fraction of sp³-hybridized carbons (Fsp3) is 1.00. The Morgan fingerprint density at radius 3 is 2.40 bits per heavy atom. The van der Waals surface area contributed by atoms with Crippen LogP contribution in [0.15, 0.2) is 0 Å². The van der Waals surface area contributed by atoms with Crippen LogP contribution < -0.4 is 0 Å². The third kappa shape index (κ3) is 2.89. The second-order valence-corrected chi connectivity index (χ2v) is 7.47. The number of ether oxygens (including phenoxy) is 3. The fourth-order valence-electron chi connectivity index (χ4n) is 4.31. The standard InChI is InChI=1S/C16H28O4/c1-14(2)12-16(17,6-10-19-14)13-3-7-20-15(11-13)4-8-18-9-5-15/h13,17H,3-12H2,1-2H3. The predicted molar refractivity (Wildman–Crippen MR) is 75.7 cm³/mol. The van der Waals surface area contributed by atoms with E-state index >= 15 is 0 Å². The lowest BCUT2D eigenvalue weighted by Crippen LogP contribution is -2.55. The molecule has 0 bridgehead atoms. The average Bonchev–Trinajstić information content (AvgIpc) is 2.38. The van der Waals surface area contributed by atoms with E-state index in [1.54, 1.807) is 0 Å². The van der Waals surface area contributed by atoms with Gasteiger partial charge in [-0.3, -0.25) is 0 Å². The van der Waals surface area contributed by atoms with Gasteiger partial charge in [0.15, 0.2) is 0 Å². The van der Waals surface area contributed by atoms with Crippen molar-refractivity contribution in [3.8, 4) is 0 Å². The Morgan fingerprint density at radius 1 is 0.950 bits per heavy atom. The second kappa shape index (κ2) is 5.24.